The van der Waals surface area contributed by atoms with Gasteiger partial charge in [0, 0.05) is 54.7 Å². The Balaban J connectivity index is 2.03. The van der Waals surface area contributed by atoms with Crippen molar-refractivity contribution in [1.29, 1.82) is 0 Å². The second-order valence-corrected chi connectivity index (χ2v) is 12.4. The van der Waals surface area contributed by atoms with Gasteiger partial charge in [-0.3, -0.25) is 9.59 Å². The summed E-state index contributed by atoms with van der Waals surface area (Å²) in [5.74, 6) is -0.750. The van der Waals surface area contributed by atoms with Crippen molar-refractivity contribution in [2.24, 2.45) is 0 Å². The second-order valence-electron chi connectivity index (χ2n) is 12.4. The highest BCUT2D eigenvalue weighted by molar-refractivity contribution is 5.84. The molecule has 7 nitrogen and oxygen atoms in total. The van der Waals surface area contributed by atoms with Crippen LogP contribution in [0.15, 0.2) is 33.5 Å². The first-order valence-electron chi connectivity index (χ1n) is 16.3. The molecule has 0 saturated heterocycles. The molecule has 0 N–H and O–H groups in total. The highest BCUT2D eigenvalue weighted by Gasteiger charge is 2.17. The Labute approximate surface area is 253 Å². The van der Waals surface area contributed by atoms with E-state index in [4.69, 9.17) is 13.9 Å². The molecule has 0 aliphatic rings. The molecule has 1 heterocycles. The molecule has 2 aromatic rings. The molecule has 0 aliphatic heterocycles. The van der Waals surface area contributed by atoms with E-state index in [0.29, 0.717) is 17.6 Å². The summed E-state index contributed by atoms with van der Waals surface area (Å²) in [5.41, 5.74) is 1.17. The molecule has 1 aromatic heterocycles. The summed E-state index contributed by atoms with van der Waals surface area (Å²) < 4.78 is 16.3. The predicted octanol–water partition coefficient (Wildman–Crippen LogP) is 8.88. The van der Waals surface area contributed by atoms with Crippen molar-refractivity contribution >= 4 is 28.6 Å². The number of anilines is 1. The van der Waals surface area contributed by atoms with Gasteiger partial charge in [0.1, 0.15) is 17.8 Å². The molecule has 0 aliphatic carbocycles. The molecule has 0 bridgehead atoms. The molecule has 0 radical (unpaired) electrons. The van der Waals surface area contributed by atoms with Crippen LogP contribution in [0.2, 0.25) is 0 Å². The molecule has 0 fully saturated rings. The second kappa shape index (κ2) is 19.4. The van der Waals surface area contributed by atoms with Crippen molar-refractivity contribution < 1.29 is 23.5 Å². The lowest BCUT2D eigenvalue weighted by molar-refractivity contribution is -0.155. The monoisotopic (exact) mass is 585 g/mol. The van der Waals surface area contributed by atoms with E-state index in [1.54, 1.807) is 0 Å². The number of nitrogens with zero attached hydrogens (tertiary/aromatic N) is 1. The van der Waals surface area contributed by atoms with Gasteiger partial charge in [0.15, 0.2) is 0 Å². The molecule has 42 heavy (non-hydrogen) atoms. The summed E-state index contributed by atoms with van der Waals surface area (Å²) in [4.78, 5) is 39.1. The van der Waals surface area contributed by atoms with E-state index >= 15 is 0 Å². The number of ether oxygens (including phenoxy) is 2. The Hall–Kier alpha value is -2.83. The fraction of sp³-hybridized carbons (Fsp3) is 0.686. The number of rotatable bonds is 21. The number of hydrogen-bond acceptors (Lipinski definition) is 7. The van der Waals surface area contributed by atoms with Gasteiger partial charge >= 0.3 is 17.6 Å². The Morgan fingerprint density at radius 3 is 1.93 bits per heavy atom. The van der Waals surface area contributed by atoms with E-state index in [2.05, 4.69) is 24.8 Å². The predicted molar refractivity (Wildman–Crippen MR) is 171 cm³/mol. The van der Waals surface area contributed by atoms with Crippen molar-refractivity contribution in [1.82, 2.24) is 0 Å². The molecule has 0 atom stereocenters. The normalized spacial score (nSPS) is 11.5. The molecule has 0 spiro atoms. The SMILES string of the molecule is CCCCCCCCN(CCCCCCCC)c1ccc2c(COC(=O)CCCC(=O)OC(C)(C)C)cc(=O)oc2c1. The first kappa shape index (κ1) is 35.4. The molecule has 0 amide bonds. The summed E-state index contributed by atoms with van der Waals surface area (Å²) in [6.07, 6.45) is 15.6. The van der Waals surface area contributed by atoms with Gasteiger partial charge in [0.2, 0.25) is 0 Å². The van der Waals surface area contributed by atoms with Crippen LogP contribution in [0.1, 0.15) is 136 Å². The topological polar surface area (TPSA) is 86.0 Å². The summed E-state index contributed by atoms with van der Waals surface area (Å²) in [6.45, 7) is 11.9. The minimum absolute atomic E-state index is 0.0219. The van der Waals surface area contributed by atoms with Gasteiger partial charge in [-0.05, 0) is 52.2 Å². The van der Waals surface area contributed by atoms with Crippen LogP contribution in [0.4, 0.5) is 5.69 Å². The minimum atomic E-state index is -0.549. The Morgan fingerprint density at radius 1 is 0.762 bits per heavy atom. The Kier molecular flexibility index (Phi) is 16.3. The third kappa shape index (κ3) is 14.4. The maximum absolute atomic E-state index is 12.4. The van der Waals surface area contributed by atoms with E-state index in [9.17, 15) is 14.4 Å². The fourth-order valence-electron chi connectivity index (χ4n) is 5.07. The van der Waals surface area contributed by atoms with Crippen LogP contribution >= 0.6 is 0 Å². The zero-order valence-corrected chi connectivity index (χ0v) is 26.9. The van der Waals surface area contributed by atoms with Crippen LogP contribution < -0.4 is 10.5 Å². The van der Waals surface area contributed by atoms with Crippen LogP contribution in [-0.2, 0) is 25.7 Å². The van der Waals surface area contributed by atoms with E-state index in [1.165, 1.54) is 70.3 Å². The first-order valence-corrected chi connectivity index (χ1v) is 16.3. The summed E-state index contributed by atoms with van der Waals surface area (Å²) in [6, 6.07) is 7.40. The van der Waals surface area contributed by atoms with Crippen molar-refractivity contribution in [2.45, 2.75) is 143 Å². The van der Waals surface area contributed by atoms with E-state index in [-0.39, 0.29) is 25.4 Å². The van der Waals surface area contributed by atoms with E-state index in [1.807, 2.05) is 32.9 Å². The van der Waals surface area contributed by atoms with Gasteiger partial charge in [-0.2, -0.15) is 0 Å². The van der Waals surface area contributed by atoms with Gasteiger partial charge in [-0.25, -0.2) is 4.79 Å². The maximum atomic E-state index is 12.4. The van der Waals surface area contributed by atoms with Crippen LogP contribution in [0, 0.1) is 0 Å². The summed E-state index contributed by atoms with van der Waals surface area (Å²) in [7, 11) is 0. The smallest absolute Gasteiger partial charge is 0.336 e. The third-order valence-corrected chi connectivity index (χ3v) is 7.31. The molecule has 236 valence electrons. The molecular weight excluding hydrogens is 530 g/mol. The number of carbonyl (C=O) groups is 2. The van der Waals surface area contributed by atoms with Crippen LogP contribution in [0.5, 0.6) is 0 Å². The zero-order chi connectivity index (χ0) is 30.8. The van der Waals surface area contributed by atoms with Gasteiger partial charge in [0.25, 0.3) is 0 Å². The average Bonchev–Trinajstić information content (AvgIpc) is 2.92. The van der Waals surface area contributed by atoms with Crippen LogP contribution in [0.3, 0.4) is 0 Å². The lowest BCUT2D eigenvalue weighted by atomic mass is 10.1. The molecule has 7 heteroatoms. The van der Waals surface area contributed by atoms with Gasteiger partial charge < -0.3 is 18.8 Å². The molecule has 0 saturated carbocycles. The lowest BCUT2D eigenvalue weighted by Crippen LogP contribution is -2.25. The van der Waals surface area contributed by atoms with Gasteiger partial charge in [-0.15, -0.1) is 0 Å². The molecule has 0 unspecified atom stereocenters. The van der Waals surface area contributed by atoms with Crippen LogP contribution in [-0.4, -0.2) is 30.6 Å². The van der Waals surface area contributed by atoms with E-state index < -0.39 is 17.2 Å². The third-order valence-electron chi connectivity index (χ3n) is 7.31. The van der Waals surface area contributed by atoms with Crippen molar-refractivity contribution in [3.05, 3.63) is 40.2 Å². The highest BCUT2D eigenvalue weighted by atomic mass is 16.6. The van der Waals surface area contributed by atoms with E-state index in [0.717, 1.165) is 37.0 Å². The Morgan fingerprint density at radius 2 is 1.33 bits per heavy atom. The quantitative estimate of drug-likeness (QED) is 0.0821. The number of fused-ring (bicyclic) bond motifs is 1. The number of benzene rings is 1. The lowest BCUT2D eigenvalue weighted by Gasteiger charge is -2.25. The number of unbranched alkanes of at least 4 members (excludes halogenated alkanes) is 10. The van der Waals surface area contributed by atoms with Gasteiger partial charge in [0.05, 0.1) is 0 Å². The van der Waals surface area contributed by atoms with Gasteiger partial charge in [-0.1, -0.05) is 78.1 Å². The fourth-order valence-corrected chi connectivity index (χ4v) is 5.07. The molecule has 1 aromatic carbocycles. The maximum Gasteiger partial charge on any atom is 0.336 e. The first-order chi connectivity index (χ1) is 20.1. The van der Waals surface area contributed by atoms with Crippen molar-refractivity contribution in [3.63, 3.8) is 0 Å². The summed E-state index contributed by atoms with van der Waals surface area (Å²) >= 11 is 0. The number of carbonyl (C=O) groups excluding carboxylic acids is 2. The highest BCUT2D eigenvalue weighted by Crippen LogP contribution is 2.26. The summed E-state index contributed by atoms with van der Waals surface area (Å²) in [5, 5.41) is 0.763. The minimum Gasteiger partial charge on any atom is -0.461 e. The number of esters is 2. The largest absolute Gasteiger partial charge is 0.461 e. The van der Waals surface area contributed by atoms with Crippen molar-refractivity contribution in [3.8, 4) is 0 Å². The zero-order valence-electron chi connectivity index (χ0n) is 26.9. The standard InChI is InChI=1S/C35H55NO6/c1-6-8-10-12-14-16-23-36(24-17-15-13-11-9-7-2)29-21-22-30-28(25-34(39)41-31(30)26-29)27-40-32(37)19-18-20-33(38)42-35(3,4)5/h21-22,25-26H,6-20,23-24,27H2,1-5H3. The average molecular weight is 586 g/mol. The van der Waals surface area contributed by atoms with Crippen molar-refractivity contribution in [2.75, 3.05) is 18.0 Å². The van der Waals surface area contributed by atoms with Crippen LogP contribution in [0.25, 0.3) is 11.0 Å². The Bertz CT molecular complexity index is 1120. The number of hydrogen-bond donors (Lipinski definition) is 0. The molecular formula is C35H55NO6. The molecule has 2 rings (SSSR count).